The molecule has 0 fully saturated rings. The van der Waals surface area contributed by atoms with Gasteiger partial charge in [-0.3, -0.25) is 9.11 Å². The molecule has 14 nitrogen and oxygen atoms in total. The Labute approximate surface area is 100 Å². The fourth-order valence-electron chi connectivity index (χ4n) is 0. The van der Waals surface area contributed by atoms with Crippen LogP contribution in [0.25, 0.3) is 0 Å². The average molecular weight is 342 g/mol. The van der Waals surface area contributed by atoms with E-state index in [0.717, 1.165) is 0 Å². The van der Waals surface area contributed by atoms with Crippen LogP contribution in [0.15, 0.2) is 0 Å². The van der Waals surface area contributed by atoms with Crippen LogP contribution in [-0.4, -0.2) is 72.3 Å². The van der Waals surface area contributed by atoms with E-state index >= 15 is 0 Å². The van der Waals surface area contributed by atoms with Gasteiger partial charge >= 0.3 is 10.4 Å². The fourth-order valence-corrected chi connectivity index (χ4v) is 0. The summed E-state index contributed by atoms with van der Waals surface area (Å²) in [5.74, 6) is 0. The molecule has 123 valence electrons. The van der Waals surface area contributed by atoms with Crippen molar-refractivity contribution in [1.29, 1.82) is 0 Å². The maximum atomic E-state index is 8.74. The van der Waals surface area contributed by atoms with Gasteiger partial charge in [0, 0.05) is 17.1 Å². The van der Waals surface area contributed by atoms with Crippen LogP contribution < -0.4 is 0 Å². The van der Waals surface area contributed by atoms with Crippen molar-refractivity contribution >= 4 is 10.4 Å². The number of hydrogen-bond acceptors (Lipinski definition) is 2. The van der Waals surface area contributed by atoms with Crippen LogP contribution in [0.5, 0.6) is 0 Å². The summed E-state index contributed by atoms with van der Waals surface area (Å²) in [5.41, 5.74) is 0. The summed E-state index contributed by atoms with van der Waals surface area (Å²) < 4.78 is 31.6. The molecular formula is H22CuO14S. The summed E-state index contributed by atoms with van der Waals surface area (Å²) in [4.78, 5) is 0. The first-order valence-electron chi connectivity index (χ1n) is 0.698. The molecule has 0 amide bonds. The first kappa shape index (κ1) is 226. The van der Waals surface area contributed by atoms with Gasteiger partial charge in [0.15, 0.2) is 0 Å². The Morgan fingerprint density at radius 1 is 0.500 bits per heavy atom. The summed E-state index contributed by atoms with van der Waals surface area (Å²) in [7, 11) is -4.67. The molecule has 0 aromatic carbocycles. The van der Waals surface area contributed by atoms with Gasteiger partial charge in [-0.05, 0) is 0 Å². The third-order valence-corrected chi connectivity index (χ3v) is 0. The van der Waals surface area contributed by atoms with Crippen LogP contribution in [0, 0.1) is 0 Å². The molecule has 0 bridgehead atoms. The molecule has 0 rings (SSSR count). The second-order valence-corrected chi connectivity index (χ2v) is 1.34. The van der Waals surface area contributed by atoms with Gasteiger partial charge in [0.1, 0.15) is 0 Å². The van der Waals surface area contributed by atoms with Crippen LogP contribution >= 0.6 is 0 Å². The fraction of sp³-hybridized carbons (Fsp3) is 0. The molecule has 0 heterocycles. The van der Waals surface area contributed by atoms with Crippen molar-refractivity contribution in [2.75, 3.05) is 0 Å². The Balaban J connectivity index is -0.00000000145. The van der Waals surface area contributed by atoms with Crippen molar-refractivity contribution in [3.8, 4) is 0 Å². The molecular weight excluding hydrogens is 320 g/mol. The van der Waals surface area contributed by atoms with Gasteiger partial charge in [0.2, 0.25) is 0 Å². The molecule has 16 heteroatoms. The van der Waals surface area contributed by atoms with Crippen molar-refractivity contribution in [1.82, 2.24) is 0 Å². The van der Waals surface area contributed by atoms with Gasteiger partial charge in [-0.2, -0.15) is 8.42 Å². The first-order chi connectivity index (χ1) is 2.00. The van der Waals surface area contributed by atoms with Crippen LogP contribution in [-0.2, 0) is 27.5 Å². The van der Waals surface area contributed by atoms with Gasteiger partial charge in [0.05, 0.1) is 0 Å². The minimum atomic E-state index is -4.67. The van der Waals surface area contributed by atoms with Gasteiger partial charge in [-0.25, -0.2) is 0 Å². The van der Waals surface area contributed by atoms with E-state index in [4.69, 9.17) is 17.5 Å². The zero-order valence-corrected chi connectivity index (χ0v) is 9.18. The van der Waals surface area contributed by atoms with E-state index in [-0.39, 0.29) is 71.8 Å². The Morgan fingerprint density at radius 2 is 0.500 bits per heavy atom. The Bertz CT molecular complexity index is 93.9. The predicted octanol–water partition coefficient (Wildman–Crippen LogP) is -8.90. The van der Waals surface area contributed by atoms with Crippen LogP contribution in [0.2, 0.25) is 0 Å². The zero-order chi connectivity index (χ0) is 4.50. The second-order valence-electron chi connectivity index (χ2n) is 0.448. The normalized spacial score (nSPS) is 3.62. The second kappa shape index (κ2) is 81.8. The van der Waals surface area contributed by atoms with E-state index in [2.05, 4.69) is 0 Å². The van der Waals surface area contributed by atoms with Gasteiger partial charge < -0.3 is 54.8 Å². The van der Waals surface area contributed by atoms with E-state index in [1.54, 1.807) is 0 Å². The molecule has 22 N–H and O–H groups in total. The summed E-state index contributed by atoms with van der Waals surface area (Å²) in [6.07, 6.45) is 0. The molecule has 0 saturated heterocycles. The predicted molar refractivity (Wildman–Crippen MR) is 50.3 cm³/mol. The zero-order valence-electron chi connectivity index (χ0n) is 7.42. The Kier molecular flexibility index (Phi) is 1150. The van der Waals surface area contributed by atoms with Gasteiger partial charge in [-0.15, -0.1) is 0 Å². The third-order valence-electron chi connectivity index (χ3n) is 0. The van der Waals surface area contributed by atoms with Crippen molar-refractivity contribution in [2.24, 2.45) is 0 Å². The van der Waals surface area contributed by atoms with Crippen LogP contribution in [0.4, 0.5) is 0 Å². The smallest absolute Gasteiger partial charge is 0.394 e. The van der Waals surface area contributed by atoms with Gasteiger partial charge in [0.25, 0.3) is 0 Å². The molecule has 0 atom stereocenters. The molecule has 0 unspecified atom stereocenters. The van der Waals surface area contributed by atoms with Crippen molar-refractivity contribution in [2.45, 2.75) is 0 Å². The van der Waals surface area contributed by atoms with Crippen molar-refractivity contribution < 1.29 is 89.4 Å². The molecule has 0 aliphatic heterocycles. The molecule has 16 heavy (non-hydrogen) atoms. The quantitative estimate of drug-likeness (QED) is 0.319. The van der Waals surface area contributed by atoms with Crippen molar-refractivity contribution in [3.05, 3.63) is 0 Å². The molecule has 1 radical (unpaired) electrons. The molecule has 0 aromatic heterocycles. The summed E-state index contributed by atoms with van der Waals surface area (Å²) in [6.45, 7) is 0. The maximum absolute atomic E-state index is 8.74. The third kappa shape index (κ3) is 21300000. The number of rotatable bonds is 0. The van der Waals surface area contributed by atoms with Gasteiger partial charge in [-0.1, -0.05) is 0 Å². The summed E-state index contributed by atoms with van der Waals surface area (Å²) >= 11 is 0. The standard InChI is InChI=1S/Cu.H2O4S.10H2O/c;1-5(2,3)4;;;;;;;;;;/h;(H2,1,2,3,4);10*1H2. The van der Waals surface area contributed by atoms with E-state index in [1.165, 1.54) is 0 Å². The molecule has 0 aliphatic carbocycles. The SMILES string of the molecule is O.O.O.O.O.O.O.O.O.O.O=S(=O)(O)O.[Cu]. The Morgan fingerprint density at radius 3 is 0.500 bits per heavy atom. The molecule has 0 saturated carbocycles. The van der Waals surface area contributed by atoms with Crippen LogP contribution in [0.1, 0.15) is 0 Å². The molecule has 0 aliphatic rings. The largest absolute Gasteiger partial charge is 0.412 e. The summed E-state index contributed by atoms with van der Waals surface area (Å²) in [6, 6.07) is 0. The summed E-state index contributed by atoms with van der Waals surface area (Å²) in [5, 5.41) is 0. The Hall–Kier alpha value is -0.0105. The minimum Gasteiger partial charge on any atom is -0.412 e. The molecule has 0 spiro atoms. The average Bonchev–Trinajstić information content (AvgIpc) is 0.722. The van der Waals surface area contributed by atoms with Crippen molar-refractivity contribution in [3.63, 3.8) is 0 Å². The monoisotopic (exact) mass is 341 g/mol. The molecule has 0 aromatic rings. The van der Waals surface area contributed by atoms with Crippen LogP contribution in [0.3, 0.4) is 0 Å². The topological polar surface area (TPSA) is 390 Å². The minimum absolute atomic E-state index is 0. The maximum Gasteiger partial charge on any atom is 0.394 e. The van der Waals surface area contributed by atoms with E-state index < -0.39 is 10.4 Å². The van der Waals surface area contributed by atoms with E-state index in [1.807, 2.05) is 0 Å². The first-order valence-corrected chi connectivity index (χ1v) is 2.10. The number of hydrogen-bond donors (Lipinski definition) is 2. The van der Waals surface area contributed by atoms with E-state index in [0.29, 0.717) is 0 Å². The van der Waals surface area contributed by atoms with E-state index in [9.17, 15) is 0 Å².